The van der Waals surface area contributed by atoms with E-state index < -0.39 is 48.9 Å². The lowest BCUT2D eigenvalue weighted by Crippen LogP contribution is -2.46. The van der Waals surface area contributed by atoms with Gasteiger partial charge in [-0.3, -0.25) is 4.79 Å². The van der Waals surface area contributed by atoms with Gasteiger partial charge in [0.2, 0.25) is 5.91 Å². The first-order valence-corrected chi connectivity index (χ1v) is 11.6. The van der Waals surface area contributed by atoms with Crippen LogP contribution in [-0.2, 0) is 14.3 Å². The summed E-state index contributed by atoms with van der Waals surface area (Å²) in [7, 11) is 0. The highest BCUT2D eigenvalue weighted by molar-refractivity contribution is 5.85. The molecule has 2 aliphatic rings. The second kappa shape index (κ2) is 9.64. The maximum atomic E-state index is 13.8. The molecule has 0 bridgehead atoms. The number of alkyl carbamates (subject to hydrolysis) is 1. The van der Waals surface area contributed by atoms with E-state index in [2.05, 4.69) is 5.32 Å². The number of ether oxygens (including phenoxy) is 1. The Kier molecular flexibility index (Phi) is 6.78. The molecule has 1 fully saturated rings. The van der Waals surface area contributed by atoms with Gasteiger partial charge in [-0.15, -0.1) is 0 Å². The number of fused-ring (bicyclic) bond motifs is 3. The molecule has 35 heavy (non-hydrogen) atoms. The Balaban J connectivity index is 1.39. The largest absolute Gasteiger partial charge is 0.480 e. The molecule has 1 heterocycles. The first kappa shape index (κ1) is 24.6. The molecule has 2 aromatic rings. The van der Waals surface area contributed by atoms with Gasteiger partial charge in [-0.25, -0.2) is 18.4 Å². The van der Waals surface area contributed by atoms with E-state index in [1.165, 1.54) is 0 Å². The van der Waals surface area contributed by atoms with Crippen molar-refractivity contribution in [1.82, 2.24) is 10.2 Å². The van der Waals surface area contributed by atoms with Crippen molar-refractivity contribution in [1.29, 1.82) is 0 Å². The first-order chi connectivity index (χ1) is 16.6. The molecule has 7 nitrogen and oxygen atoms in total. The second-order valence-corrected chi connectivity index (χ2v) is 9.46. The zero-order valence-electron chi connectivity index (χ0n) is 19.5. The van der Waals surface area contributed by atoms with E-state index in [1.807, 2.05) is 48.5 Å². The Morgan fingerprint density at radius 2 is 1.66 bits per heavy atom. The predicted octanol–water partition coefficient (Wildman–Crippen LogP) is 4.26. The van der Waals surface area contributed by atoms with Crippen LogP contribution in [0.4, 0.5) is 13.6 Å². The van der Waals surface area contributed by atoms with E-state index >= 15 is 0 Å². The molecule has 186 valence electrons. The summed E-state index contributed by atoms with van der Waals surface area (Å²) in [4.78, 5) is 37.4. The molecule has 1 saturated heterocycles. The fourth-order valence-electron chi connectivity index (χ4n) is 4.85. The van der Waals surface area contributed by atoms with Crippen LogP contribution in [0.1, 0.15) is 43.7 Å². The summed E-state index contributed by atoms with van der Waals surface area (Å²) < 4.78 is 33.1. The summed E-state index contributed by atoms with van der Waals surface area (Å²) in [6.07, 6.45) is -1.94. The number of carbonyl (C=O) groups excluding carboxylic acids is 2. The molecule has 4 rings (SSSR count). The molecule has 0 aromatic heterocycles. The first-order valence-electron chi connectivity index (χ1n) is 11.6. The average Bonchev–Trinajstić information content (AvgIpc) is 3.31. The third kappa shape index (κ3) is 5.13. The molecule has 2 N–H and O–H groups in total. The van der Waals surface area contributed by atoms with Crippen molar-refractivity contribution in [2.24, 2.45) is 5.92 Å². The van der Waals surface area contributed by atoms with Gasteiger partial charge in [0.1, 0.15) is 12.6 Å². The van der Waals surface area contributed by atoms with Gasteiger partial charge in [0.15, 0.2) is 0 Å². The zero-order valence-corrected chi connectivity index (χ0v) is 19.5. The Bertz CT molecular complexity index is 1090. The fourth-order valence-corrected chi connectivity index (χ4v) is 4.85. The molecule has 0 radical (unpaired) electrons. The lowest BCUT2D eigenvalue weighted by Gasteiger charge is -2.26. The molecule has 0 spiro atoms. The lowest BCUT2D eigenvalue weighted by atomic mass is 9.98. The number of hydrogen-bond acceptors (Lipinski definition) is 4. The van der Waals surface area contributed by atoms with Crippen LogP contribution >= 0.6 is 0 Å². The van der Waals surface area contributed by atoms with Crippen LogP contribution < -0.4 is 5.32 Å². The normalized spacial score (nSPS) is 19.2. The fraction of sp³-hybridized carbons (Fsp3) is 0.423. The summed E-state index contributed by atoms with van der Waals surface area (Å²) in [6, 6.07) is 13.6. The number of alkyl halides is 2. The van der Waals surface area contributed by atoms with Crippen molar-refractivity contribution >= 4 is 18.0 Å². The molecule has 1 unspecified atom stereocenters. The predicted molar refractivity (Wildman–Crippen MR) is 124 cm³/mol. The van der Waals surface area contributed by atoms with Crippen molar-refractivity contribution in [2.45, 2.75) is 50.6 Å². The second-order valence-electron chi connectivity index (χ2n) is 9.46. The number of carbonyl (C=O) groups is 3. The number of benzene rings is 2. The van der Waals surface area contributed by atoms with Gasteiger partial charge in [-0.1, -0.05) is 62.4 Å². The summed E-state index contributed by atoms with van der Waals surface area (Å²) in [5.74, 6) is -5.82. The summed E-state index contributed by atoms with van der Waals surface area (Å²) in [5, 5.41) is 11.9. The van der Waals surface area contributed by atoms with E-state index in [9.17, 15) is 28.3 Å². The Labute approximate surface area is 202 Å². The SMILES string of the molecule is CC(C)[C@@H](CC(=O)N1CC(F)(F)CC1C(=O)O)NC(=O)OCC1c2ccccc2-c2ccccc21. The van der Waals surface area contributed by atoms with Crippen LogP contribution in [0.2, 0.25) is 0 Å². The number of amides is 2. The summed E-state index contributed by atoms with van der Waals surface area (Å²) in [6.45, 7) is 2.69. The molecule has 2 atom stereocenters. The van der Waals surface area contributed by atoms with Crippen molar-refractivity contribution in [2.75, 3.05) is 13.2 Å². The maximum Gasteiger partial charge on any atom is 0.407 e. The summed E-state index contributed by atoms with van der Waals surface area (Å²) >= 11 is 0. The highest BCUT2D eigenvalue weighted by Gasteiger charge is 2.50. The smallest absolute Gasteiger partial charge is 0.407 e. The minimum Gasteiger partial charge on any atom is -0.480 e. The maximum absolute atomic E-state index is 13.8. The van der Waals surface area contributed by atoms with Gasteiger partial charge in [0, 0.05) is 24.8 Å². The van der Waals surface area contributed by atoms with Crippen molar-refractivity contribution < 1.29 is 33.0 Å². The van der Waals surface area contributed by atoms with Crippen molar-refractivity contribution in [3.63, 3.8) is 0 Å². The number of hydrogen-bond donors (Lipinski definition) is 2. The molecule has 2 aromatic carbocycles. The van der Waals surface area contributed by atoms with E-state index in [0.717, 1.165) is 22.3 Å². The molecule has 1 aliphatic carbocycles. The number of nitrogens with zero attached hydrogens (tertiary/aromatic N) is 1. The Morgan fingerprint density at radius 1 is 1.09 bits per heavy atom. The van der Waals surface area contributed by atoms with Gasteiger partial charge < -0.3 is 20.1 Å². The van der Waals surface area contributed by atoms with Gasteiger partial charge >= 0.3 is 12.1 Å². The van der Waals surface area contributed by atoms with Crippen LogP contribution in [-0.4, -0.2) is 59.1 Å². The third-order valence-electron chi connectivity index (χ3n) is 6.72. The number of aliphatic carboxylic acids is 1. The average molecular weight is 487 g/mol. The highest BCUT2D eigenvalue weighted by atomic mass is 19.3. The minimum absolute atomic E-state index is 0.0953. The van der Waals surface area contributed by atoms with Crippen LogP contribution in [0.25, 0.3) is 11.1 Å². The van der Waals surface area contributed by atoms with E-state index in [0.29, 0.717) is 4.90 Å². The number of rotatable bonds is 7. The van der Waals surface area contributed by atoms with Gasteiger partial charge in [-0.2, -0.15) is 0 Å². The molecule has 0 saturated carbocycles. The van der Waals surface area contributed by atoms with E-state index in [1.54, 1.807) is 13.8 Å². The monoisotopic (exact) mass is 486 g/mol. The van der Waals surface area contributed by atoms with Gasteiger partial charge in [-0.05, 0) is 28.2 Å². The molecule has 9 heteroatoms. The van der Waals surface area contributed by atoms with Crippen molar-refractivity contribution in [3.05, 3.63) is 59.7 Å². The zero-order chi connectivity index (χ0) is 25.3. The molecule has 2 amide bonds. The number of carboxylic acids is 1. The van der Waals surface area contributed by atoms with E-state index in [-0.39, 0.29) is 24.9 Å². The van der Waals surface area contributed by atoms with Crippen molar-refractivity contribution in [3.8, 4) is 11.1 Å². The highest BCUT2D eigenvalue weighted by Crippen LogP contribution is 2.44. The minimum atomic E-state index is -3.26. The van der Waals surface area contributed by atoms with Crippen LogP contribution in [0.5, 0.6) is 0 Å². The number of halogens is 2. The lowest BCUT2D eigenvalue weighted by molar-refractivity contribution is -0.148. The number of likely N-dealkylation sites (tertiary alicyclic amines) is 1. The number of nitrogens with one attached hydrogen (secondary N) is 1. The summed E-state index contributed by atoms with van der Waals surface area (Å²) in [5.41, 5.74) is 4.31. The van der Waals surface area contributed by atoms with Crippen LogP contribution in [0, 0.1) is 5.92 Å². The topological polar surface area (TPSA) is 95.9 Å². The van der Waals surface area contributed by atoms with Gasteiger partial charge in [0.25, 0.3) is 5.92 Å². The van der Waals surface area contributed by atoms with E-state index in [4.69, 9.17) is 4.74 Å². The standard InChI is InChI=1S/C26H28F2N2O5/c1-15(2)21(11-23(31)30-14-26(27,28)12-22(30)24(32)33)29-25(34)35-13-20-18-9-5-3-7-16(18)17-8-4-6-10-19(17)20/h3-10,15,20-22H,11-14H2,1-2H3,(H,29,34)(H,32,33)/t21-,22?/m1/s1. The van der Waals surface area contributed by atoms with Gasteiger partial charge in [0.05, 0.1) is 6.54 Å². The van der Waals surface area contributed by atoms with Crippen LogP contribution in [0.3, 0.4) is 0 Å². The quantitative estimate of drug-likeness (QED) is 0.610. The Hall–Kier alpha value is -3.49. The number of carboxylic acid groups (broad SMARTS) is 1. The van der Waals surface area contributed by atoms with Crippen LogP contribution in [0.15, 0.2) is 48.5 Å². The molecular weight excluding hydrogens is 458 g/mol. The molecule has 1 aliphatic heterocycles. The third-order valence-corrected chi connectivity index (χ3v) is 6.72. The molecular formula is C26H28F2N2O5. The Morgan fingerprint density at radius 3 is 2.20 bits per heavy atom.